The third-order valence-corrected chi connectivity index (χ3v) is 8.35. The molecule has 7 nitrogen and oxygen atoms in total. The van der Waals surface area contributed by atoms with Crippen LogP contribution in [0.1, 0.15) is 60.0 Å². The number of Topliss-reactive ketones (excluding diaryl/α,β-unsaturated/α-hetero) is 1. The Balaban J connectivity index is 1.31. The van der Waals surface area contributed by atoms with Crippen molar-refractivity contribution in [3.63, 3.8) is 0 Å². The average Bonchev–Trinajstić information content (AvgIpc) is 2.96. The van der Waals surface area contributed by atoms with Crippen LogP contribution in [-0.4, -0.2) is 52.6 Å². The van der Waals surface area contributed by atoms with E-state index >= 15 is 0 Å². The van der Waals surface area contributed by atoms with Crippen molar-refractivity contribution in [2.75, 3.05) is 26.3 Å². The van der Waals surface area contributed by atoms with Gasteiger partial charge in [0.2, 0.25) is 0 Å². The number of aliphatic hydroxyl groups is 1. The number of carbonyl (C=O) groups is 1. The summed E-state index contributed by atoms with van der Waals surface area (Å²) in [6.45, 7) is 3.13. The number of aromatic nitrogens is 1. The normalized spacial score (nSPS) is 21.7. The van der Waals surface area contributed by atoms with Crippen LogP contribution in [0.25, 0.3) is 5.52 Å². The molecule has 0 amide bonds. The molecule has 38 heavy (non-hydrogen) atoms. The van der Waals surface area contributed by atoms with Crippen molar-refractivity contribution < 1.29 is 14.6 Å². The number of carbonyl (C=O) groups excluding carboxylic acids is 1. The molecule has 1 aromatic carbocycles. The van der Waals surface area contributed by atoms with Crippen LogP contribution in [-0.2, 0) is 16.7 Å². The molecule has 2 saturated heterocycles. The molecule has 198 valence electrons. The van der Waals surface area contributed by atoms with E-state index in [1.165, 1.54) is 0 Å². The van der Waals surface area contributed by atoms with Crippen molar-refractivity contribution in [2.45, 2.75) is 56.6 Å². The van der Waals surface area contributed by atoms with E-state index in [1.807, 2.05) is 42.5 Å². The number of rotatable bonds is 8. The Bertz CT molecular complexity index is 1370. The highest BCUT2D eigenvalue weighted by Crippen LogP contribution is 2.35. The first-order valence-corrected chi connectivity index (χ1v) is 13.6. The Kier molecular flexibility index (Phi) is 8.04. The Hall–Kier alpha value is -3.31. The van der Waals surface area contributed by atoms with E-state index in [0.29, 0.717) is 26.2 Å². The third kappa shape index (κ3) is 5.44. The number of ketones is 1. The highest BCUT2D eigenvalue weighted by molar-refractivity contribution is 5.96. The first-order chi connectivity index (χ1) is 18.5. The summed E-state index contributed by atoms with van der Waals surface area (Å²) in [6, 6.07) is 20.0. The van der Waals surface area contributed by atoms with Crippen molar-refractivity contribution in [1.29, 1.82) is 5.26 Å². The van der Waals surface area contributed by atoms with Crippen LogP contribution in [0.2, 0.25) is 0 Å². The van der Waals surface area contributed by atoms with Gasteiger partial charge in [0.15, 0.2) is 5.78 Å². The van der Waals surface area contributed by atoms with E-state index in [9.17, 15) is 20.0 Å². The standard InChI is InChI=1S/C31H35N3O4/c32-22-31(25-8-2-1-3-9-25)13-16-33(17-14-31)20-24-19-26(30(37)34-15-5-4-10-27(24)34)28(35)11-6-7-23-12-18-38-21-29(23)36/h1-5,8-10,15,19,23,29,36H,6-7,11-14,16-18,20-21H2/t23-,29-/m1/s1. The van der Waals surface area contributed by atoms with Crippen LogP contribution < -0.4 is 5.56 Å². The molecule has 2 atom stereocenters. The molecule has 7 heteroatoms. The second-order valence-electron chi connectivity index (χ2n) is 10.7. The Morgan fingerprint density at radius 1 is 1.13 bits per heavy atom. The van der Waals surface area contributed by atoms with Gasteiger partial charge in [0, 0.05) is 38.9 Å². The fourth-order valence-corrected chi connectivity index (χ4v) is 5.97. The zero-order chi connectivity index (χ0) is 26.5. The van der Waals surface area contributed by atoms with E-state index in [-0.39, 0.29) is 29.2 Å². The molecular weight excluding hydrogens is 478 g/mol. The van der Waals surface area contributed by atoms with Crippen molar-refractivity contribution in [1.82, 2.24) is 9.30 Å². The van der Waals surface area contributed by atoms with Gasteiger partial charge in [0.1, 0.15) is 0 Å². The van der Waals surface area contributed by atoms with Gasteiger partial charge >= 0.3 is 0 Å². The predicted molar refractivity (Wildman–Crippen MR) is 145 cm³/mol. The maximum atomic E-state index is 13.2. The van der Waals surface area contributed by atoms with Crippen molar-refractivity contribution >= 4 is 11.3 Å². The molecule has 2 aromatic heterocycles. The van der Waals surface area contributed by atoms with E-state index in [0.717, 1.165) is 55.4 Å². The lowest BCUT2D eigenvalue weighted by Crippen LogP contribution is -2.41. The molecule has 2 fully saturated rings. The number of nitriles is 1. The second-order valence-corrected chi connectivity index (χ2v) is 10.7. The van der Waals surface area contributed by atoms with E-state index in [2.05, 4.69) is 11.0 Å². The molecule has 0 unspecified atom stereocenters. The smallest absolute Gasteiger partial charge is 0.265 e. The molecule has 5 rings (SSSR count). The fraction of sp³-hybridized carbons (Fsp3) is 0.452. The molecule has 2 aliphatic rings. The van der Waals surface area contributed by atoms with E-state index in [1.54, 1.807) is 22.7 Å². The maximum absolute atomic E-state index is 13.2. The summed E-state index contributed by atoms with van der Waals surface area (Å²) in [5.74, 6) is -0.0115. The van der Waals surface area contributed by atoms with Gasteiger partial charge in [-0.25, -0.2) is 0 Å². The van der Waals surface area contributed by atoms with Gasteiger partial charge in [-0.05, 0) is 67.3 Å². The lowest BCUT2D eigenvalue weighted by Gasteiger charge is -2.37. The summed E-state index contributed by atoms with van der Waals surface area (Å²) < 4.78 is 6.88. The summed E-state index contributed by atoms with van der Waals surface area (Å²) in [5, 5.41) is 20.2. The number of piperidine rings is 1. The van der Waals surface area contributed by atoms with Crippen LogP contribution in [0.3, 0.4) is 0 Å². The molecule has 3 aromatic rings. The lowest BCUT2D eigenvalue weighted by molar-refractivity contribution is -0.0464. The first-order valence-electron chi connectivity index (χ1n) is 13.6. The first kappa shape index (κ1) is 26.3. The molecule has 1 N–H and O–H groups in total. The molecular formula is C31H35N3O4. The Morgan fingerprint density at radius 3 is 2.63 bits per heavy atom. The van der Waals surface area contributed by atoms with Gasteiger partial charge in [0.25, 0.3) is 5.56 Å². The number of hydrogen-bond acceptors (Lipinski definition) is 6. The summed E-state index contributed by atoms with van der Waals surface area (Å²) in [7, 11) is 0. The third-order valence-electron chi connectivity index (χ3n) is 8.35. The quantitative estimate of drug-likeness (QED) is 0.456. The van der Waals surface area contributed by atoms with E-state index < -0.39 is 11.5 Å². The zero-order valence-electron chi connectivity index (χ0n) is 21.7. The van der Waals surface area contributed by atoms with Gasteiger partial charge in [0.05, 0.1) is 35.3 Å². The number of likely N-dealkylation sites (tertiary alicyclic amines) is 1. The minimum absolute atomic E-state index is 0.139. The van der Waals surface area contributed by atoms with Gasteiger partial charge in [-0.3, -0.25) is 18.9 Å². The number of ether oxygens (including phenoxy) is 1. The molecule has 0 spiro atoms. The monoisotopic (exact) mass is 513 g/mol. The number of pyridine rings is 2. The molecule has 0 radical (unpaired) electrons. The van der Waals surface area contributed by atoms with Crippen LogP contribution in [0, 0.1) is 17.2 Å². The van der Waals surface area contributed by atoms with Crippen molar-refractivity contribution in [2.24, 2.45) is 5.92 Å². The van der Waals surface area contributed by atoms with Gasteiger partial charge < -0.3 is 9.84 Å². The van der Waals surface area contributed by atoms with Crippen LogP contribution in [0.15, 0.2) is 65.6 Å². The largest absolute Gasteiger partial charge is 0.390 e. The number of fused-ring (bicyclic) bond motifs is 1. The summed E-state index contributed by atoms with van der Waals surface area (Å²) >= 11 is 0. The summed E-state index contributed by atoms with van der Waals surface area (Å²) in [5.41, 5.74) is 2.28. The highest BCUT2D eigenvalue weighted by Gasteiger charge is 2.36. The molecule has 4 heterocycles. The molecule has 0 bridgehead atoms. The Morgan fingerprint density at radius 2 is 1.89 bits per heavy atom. The second kappa shape index (κ2) is 11.6. The van der Waals surface area contributed by atoms with Gasteiger partial charge in [-0.15, -0.1) is 0 Å². The van der Waals surface area contributed by atoms with Crippen LogP contribution >= 0.6 is 0 Å². The number of benzene rings is 1. The predicted octanol–water partition coefficient (Wildman–Crippen LogP) is 4.11. The minimum atomic E-state index is -0.483. The van der Waals surface area contributed by atoms with Crippen molar-refractivity contribution in [3.8, 4) is 6.07 Å². The molecule has 0 aliphatic carbocycles. The highest BCUT2D eigenvalue weighted by atomic mass is 16.5. The van der Waals surface area contributed by atoms with Gasteiger partial charge in [-0.2, -0.15) is 5.26 Å². The van der Waals surface area contributed by atoms with Crippen molar-refractivity contribution in [3.05, 3.63) is 87.8 Å². The van der Waals surface area contributed by atoms with Crippen LogP contribution in [0.5, 0.6) is 0 Å². The summed E-state index contributed by atoms with van der Waals surface area (Å²) in [6.07, 6.45) is 5.17. The fourth-order valence-electron chi connectivity index (χ4n) is 5.97. The Labute approximate surface area is 223 Å². The summed E-state index contributed by atoms with van der Waals surface area (Å²) in [4.78, 5) is 28.8. The average molecular weight is 514 g/mol. The van der Waals surface area contributed by atoms with Gasteiger partial charge in [-0.1, -0.05) is 36.4 Å². The SMILES string of the molecule is N#CC1(c2ccccc2)CCN(Cc2cc(C(=O)CCC[C@@H]3CCOC[C@H]3O)c(=O)n3ccccc23)CC1. The van der Waals surface area contributed by atoms with E-state index in [4.69, 9.17) is 4.74 Å². The minimum Gasteiger partial charge on any atom is -0.390 e. The topological polar surface area (TPSA) is 95.0 Å². The molecule has 2 aliphatic heterocycles. The zero-order valence-corrected chi connectivity index (χ0v) is 21.7. The maximum Gasteiger partial charge on any atom is 0.265 e. The number of nitrogens with zero attached hydrogens (tertiary/aromatic N) is 3. The number of hydrogen-bond donors (Lipinski definition) is 1. The lowest BCUT2D eigenvalue weighted by atomic mass is 9.74. The number of aliphatic hydroxyl groups excluding tert-OH is 1. The van der Waals surface area contributed by atoms with Crippen LogP contribution in [0.4, 0.5) is 0 Å². The molecule has 0 saturated carbocycles.